The topological polar surface area (TPSA) is 80.4 Å². The minimum absolute atomic E-state index is 0.145. The molecule has 0 fully saturated rings. The van der Waals surface area contributed by atoms with Gasteiger partial charge in [0.1, 0.15) is 0 Å². The Bertz CT molecular complexity index is 890. The summed E-state index contributed by atoms with van der Waals surface area (Å²) >= 11 is 1.88. The monoisotopic (exact) mass is 421 g/mol. The van der Waals surface area contributed by atoms with Gasteiger partial charge in [-0.1, -0.05) is 0 Å². The molecule has 0 saturated carbocycles. The normalized spacial score (nSPS) is 11.3. The zero-order valence-corrected chi connectivity index (χ0v) is 14.7. The summed E-state index contributed by atoms with van der Waals surface area (Å²) in [5.74, 6) is -0.842. The number of aromatic carboxylic acids is 1. The molecule has 0 bridgehead atoms. The van der Waals surface area contributed by atoms with Crippen LogP contribution in [-0.4, -0.2) is 36.6 Å². The van der Waals surface area contributed by atoms with Gasteiger partial charge in [-0.2, -0.15) is 0 Å². The molecule has 5 nitrogen and oxygen atoms in total. The van der Waals surface area contributed by atoms with Gasteiger partial charge in [-0.05, 0) is 0 Å². The average molecular weight is 422 g/mol. The van der Waals surface area contributed by atoms with Crippen LogP contribution in [0.15, 0.2) is 51.5 Å². The summed E-state index contributed by atoms with van der Waals surface area (Å²) in [5, 5.41) is 13.8. The molecule has 1 N–H and O–H groups in total. The fourth-order valence-corrected chi connectivity index (χ4v) is 4.53. The number of fused-ring (bicyclic) bond motifs is 1. The number of carbonyl (C=O) groups excluding carboxylic acids is 1. The number of benzene rings is 2. The zero-order chi connectivity index (χ0) is 15.7. The molecule has 0 radical (unpaired) electrons. The maximum absolute atomic E-state index is 12.5. The van der Waals surface area contributed by atoms with E-state index < -0.39 is 21.7 Å². The van der Waals surface area contributed by atoms with Crippen molar-refractivity contribution in [3.8, 4) is 0 Å². The molecule has 1 heterocycles. The quantitative estimate of drug-likeness (QED) is 0.653. The van der Waals surface area contributed by atoms with Gasteiger partial charge in [-0.25, -0.2) is 0 Å². The van der Waals surface area contributed by atoms with E-state index in [2.05, 4.69) is 21.1 Å². The molecule has 0 aliphatic rings. The van der Waals surface area contributed by atoms with E-state index in [1.54, 1.807) is 30.3 Å². The molecule has 0 aliphatic carbocycles. The van der Waals surface area contributed by atoms with Crippen LogP contribution in [0, 0.1) is 0 Å². The van der Waals surface area contributed by atoms with Crippen LogP contribution in [0.25, 0.3) is 10.9 Å². The fourth-order valence-electron chi connectivity index (χ4n) is 2.03. The summed E-state index contributed by atoms with van der Waals surface area (Å²) in [6.07, 6.45) is 0. The van der Waals surface area contributed by atoms with Crippen LogP contribution in [0.4, 0.5) is 0 Å². The van der Waals surface area contributed by atoms with Crippen molar-refractivity contribution in [2.45, 2.75) is 0 Å². The van der Waals surface area contributed by atoms with Crippen LogP contribution in [0.2, 0.25) is 0 Å². The first-order valence-corrected chi connectivity index (χ1v) is 9.14. The number of rotatable bonds is 4. The van der Waals surface area contributed by atoms with Crippen molar-refractivity contribution in [1.29, 1.82) is 0 Å². The Labute approximate surface area is 140 Å². The number of carboxylic acid groups (broad SMARTS) is 1. The third kappa shape index (κ3) is 2.85. The van der Waals surface area contributed by atoms with Crippen molar-refractivity contribution in [2.75, 3.05) is 0 Å². The molecule has 3 rings (SSSR count). The van der Waals surface area contributed by atoms with Gasteiger partial charge in [-0.15, -0.1) is 0 Å². The molecule has 7 heteroatoms. The number of hydrogen-bond donors (Lipinski definition) is 1. The molecule has 0 spiro atoms. The molecular weight excluding hydrogens is 413 g/mol. The third-order valence-electron chi connectivity index (χ3n) is 3.05. The van der Waals surface area contributed by atoms with Gasteiger partial charge in [0.25, 0.3) is 0 Å². The molecule has 2 aromatic carbocycles. The Morgan fingerprint density at radius 3 is 2.73 bits per heavy atom. The number of aromatic nitrogens is 1. The van der Waals surface area contributed by atoms with E-state index in [-0.39, 0.29) is 15.9 Å². The number of carboxylic acids is 1. The Kier molecular flexibility index (Phi) is 4.14. The molecule has 1 atom stereocenters. The van der Waals surface area contributed by atoms with Crippen molar-refractivity contribution in [3.05, 3.63) is 58.3 Å². The second-order valence-corrected chi connectivity index (χ2v) is 8.00. The summed E-state index contributed by atoms with van der Waals surface area (Å²) < 4.78 is 6.19. The number of halogens is 1. The molecule has 3 aromatic rings. The van der Waals surface area contributed by atoms with Crippen molar-refractivity contribution in [1.82, 2.24) is 5.16 Å². The predicted molar refractivity (Wildman–Crippen MR) is 86.2 cm³/mol. The van der Waals surface area contributed by atoms with Gasteiger partial charge in [-0.3, -0.25) is 0 Å². The molecular formula is C15H9AsBrNO4. The van der Waals surface area contributed by atoms with Gasteiger partial charge in [0.15, 0.2) is 0 Å². The second-order valence-electron chi connectivity index (χ2n) is 4.48. The van der Waals surface area contributed by atoms with Crippen molar-refractivity contribution in [3.63, 3.8) is 0 Å². The first-order valence-electron chi connectivity index (χ1n) is 6.25. The molecule has 0 saturated heterocycles. The zero-order valence-electron chi connectivity index (χ0n) is 11.0. The van der Waals surface area contributed by atoms with Gasteiger partial charge in [0.05, 0.1) is 0 Å². The summed E-state index contributed by atoms with van der Waals surface area (Å²) in [7, 11) is 0. The van der Waals surface area contributed by atoms with E-state index in [4.69, 9.17) is 4.52 Å². The standard InChI is InChI=1S/C15H9AsBrNO4/c17-8-5-6-11(10(7-8)15(20)21)16-14(19)13-9-3-1-2-4-12(9)18-22-13/h1-7,16H,(H,20,21). The number of hydrogen-bond acceptors (Lipinski definition) is 4. The molecule has 0 amide bonds. The van der Waals surface area contributed by atoms with Crippen LogP contribution < -0.4 is 4.35 Å². The van der Waals surface area contributed by atoms with Crippen LogP contribution >= 0.6 is 15.9 Å². The third-order valence-corrected chi connectivity index (χ3v) is 5.98. The Hall–Kier alpha value is -1.91. The van der Waals surface area contributed by atoms with Gasteiger partial charge < -0.3 is 0 Å². The van der Waals surface area contributed by atoms with Gasteiger partial charge >= 0.3 is 140 Å². The molecule has 0 aliphatic heterocycles. The number of carbonyl (C=O) groups is 2. The van der Waals surface area contributed by atoms with Gasteiger partial charge in [0.2, 0.25) is 0 Å². The summed E-state index contributed by atoms with van der Waals surface area (Å²) in [6, 6.07) is 12.1. The molecule has 1 unspecified atom stereocenters. The van der Waals surface area contributed by atoms with Crippen molar-refractivity contribution in [2.24, 2.45) is 0 Å². The molecule has 1 aromatic heterocycles. The molecule has 22 heavy (non-hydrogen) atoms. The van der Waals surface area contributed by atoms with E-state index in [0.29, 0.717) is 19.7 Å². The van der Waals surface area contributed by atoms with E-state index in [1.807, 2.05) is 6.07 Å². The van der Waals surface area contributed by atoms with Crippen LogP contribution in [0.1, 0.15) is 20.9 Å². The number of nitrogens with zero attached hydrogens (tertiary/aromatic N) is 1. The van der Waals surface area contributed by atoms with E-state index >= 15 is 0 Å². The Morgan fingerprint density at radius 2 is 1.95 bits per heavy atom. The summed E-state index contributed by atoms with van der Waals surface area (Å²) in [5.41, 5.74) is 0.762. The van der Waals surface area contributed by atoms with E-state index in [0.717, 1.165) is 0 Å². The van der Waals surface area contributed by atoms with Crippen LogP contribution in [0.5, 0.6) is 0 Å². The predicted octanol–water partition coefficient (Wildman–Crippen LogP) is 2.19. The fraction of sp³-hybridized carbons (Fsp3) is 0. The Morgan fingerprint density at radius 1 is 1.18 bits per heavy atom. The van der Waals surface area contributed by atoms with Crippen LogP contribution in [-0.2, 0) is 0 Å². The first-order chi connectivity index (χ1) is 10.6. The minimum atomic E-state index is -1.36. The van der Waals surface area contributed by atoms with E-state index in [9.17, 15) is 14.7 Å². The molecule has 110 valence electrons. The SMILES string of the molecule is O=C(O)c1cc(Br)ccc1[AsH]C(=O)c1onc2ccccc12. The van der Waals surface area contributed by atoms with E-state index in [1.165, 1.54) is 6.07 Å². The first kappa shape index (κ1) is 15.0. The maximum atomic E-state index is 12.5. The average Bonchev–Trinajstić information content (AvgIpc) is 2.93. The van der Waals surface area contributed by atoms with Gasteiger partial charge in [0, 0.05) is 0 Å². The second kappa shape index (κ2) is 6.07. The van der Waals surface area contributed by atoms with Crippen LogP contribution in [0.3, 0.4) is 0 Å². The summed E-state index contributed by atoms with van der Waals surface area (Å²) in [6.45, 7) is 0. The van der Waals surface area contributed by atoms with Crippen molar-refractivity contribution >= 4 is 57.5 Å². The van der Waals surface area contributed by atoms with Crippen molar-refractivity contribution < 1.29 is 19.2 Å². The Balaban J connectivity index is 1.97. The summed E-state index contributed by atoms with van der Waals surface area (Å²) in [4.78, 5) is 23.8.